The molecule has 0 radical (unpaired) electrons. The van der Waals surface area contributed by atoms with Crippen LogP contribution in [0.2, 0.25) is 5.02 Å². The Morgan fingerprint density at radius 3 is 3.00 bits per heavy atom. The van der Waals surface area contributed by atoms with Gasteiger partial charge in [-0.15, -0.1) is 11.3 Å². The number of thiazole rings is 1. The molecule has 2 heterocycles. The monoisotopic (exact) mass is 352 g/mol. The minimum absolute atomic E-state index is 0.130. The van der Waals surface area contributed by atoms with E-state index in [0.717, 1.165) is 24.5 Å². The topological polar surface area (TPSA) is 60.5 Å². The molecule has 7 heteroatoms. The molecule has 0 bridgehead atoms. The number of aromatic nitrogens is 1. The quantitative estimate of drug-likeness (QED) is 0.866. The Labute approximate surface area is 143 Å². The van der Waals surface area contributed by atoms with Crippen molar-refractivity contribution in [1.82, 2.24) is 10.3 Å². The maximum atomic E-state index is 12.0. The highest BCUT2D eigenvalue weighted by Gasteiger charge is 2.17. The van der Waals surface area contributed by atoms with Gasteiger partial charge in [0.05, 0.1) is 6.10 Å². The van der Waals surface area contributed by atoms with E-state index >= 15 is 0 Å². The van der Waals surface area contributed by atoms with E-state index in [9.17, 15) is 4.79 Å². The zero-order valence-electron chi connectivity index (χ0n) is 12.5. The van der Waals surface area contributed by atoms with Crippen LogP contribution in [-0.2, 0) is 11.3 Å². The Balaban J connectivity index is 1.48. The highest BCUT2D eigenvalue weighted by molar-refractivity contribution is 7.09. The average Bonchev–Trinajstić information content (AvgIpc) is 3.24. The van der Waals surface area contributed by atoms with Crippen LogP contribution in [-0.4, -0.2) is 30.1 Å². The van der Waals surface area contributed by atoms with Crippen molar-refractivity contribution >= 4 is 28.8 Å². The Morgan fingerprint density at radius 1 is 1.43 bits per heavy atom. The summed E-state index contributed by atoms with van der Waals surface area (Å²) < 4.78 is 11.1. The molecule has 0 spiro atoms. The van der Waals surface area contributed by atoms with Crippen LogP contribution in [0.15, 0.2) is 29.6 Å². The van der Waals surface area contributed by atoms with Gasteiger partial charge in [-0.1, -0.05) is 11.6 Å². The summed E-state index contributed by atoms with van der Waals surface area (Å²) in [5.74, 6) is 0.545. The molecule has 1 N–H and O–H groups in total. The third kappa shape index (κ3) is 4.67. The van der Waals surface area contributed by atoms with Crippen LogP contribution in [0.1, 0.15) is 28.3 Å². The number of rotatable bonds is 6. The molecule has 1 saturated heterocycles. The van der Waals surface area contributed by atoms with Crippen molar-refractivity contribution in [3.8, 4) is 5.75 Å². The molecular weight excluding hydrogens is 336 g/mol. The van der Waals surface area contributed by atoms with Gasteiger partial charge in [-0.05, 0) is 37.1 Å². The van der Waals surface area contributed by atoms with Crippen molar-refractivity contribution in [2.24, 2.45) is 0 Å². The number of ether oxygens (including phenoxy) is 2. The number of hydrogen-bond acceptors (Lipinski definition) is 5. The first kappa shape index (κ1) is 16.2. The SMILES string of the molecule is O=C(NC[C@@H]1CCCO1)c1csc(COc2ccc(Cl)cc2)n1. The molecule has 0 aliphatic carbocycles. The maximum Gasteiger partial charge on any atom is 0.270 e. The highest BCUT2D eigenvalue weighted by Crippen LogP contribution is 2.18. The van der Waals surface area contributed by atoms with Crippen molar-refractivity contribution in [3.05, 3.63) is 45.4 Å². The molecule has 0 unspecified atom stereocenters. The summed E-state index contributed by atoms with van der Waals surface area (Å²) in [5.41, 5.74) is 0.419. The first-order valence-corrected chi connectivity index (χ1v) is 8.69. The molecule has 23 heavy (non-hydrogen) atoms. The average molecular weight is 353 g/mol. The van der Waals surface area contributed by atoms with Crippen molar-refractivity contribution in [2.75, 3.05) is 13.2 Å². The molecule has 1 fully saturated rings. The molecule has 1 aromatic carbocycles. The van der Waals surface area contributed by atoms with Crippen LogP contribution in [0.25, 0.3) is 0 Å². The van der Waals surface area contributed by atoms with Crippen LogP contribution in [0.4, 0.5) is 0 Å². The third-order valence-corrected chi connectivity index (χ3v) is 4.55. The van der Waals surface area contributed by atoms with E-state index in [1.54, 1.807) is 29.6 Å². The predicted octanol–water partition coefficient (Wildman–Crippen LogP) is 3.28. The fourth-order valence-corrected chi connectivity index (χ4v) is 3.07. The maximum absolute atomic E-state index is 12.0. The van der Waals surface area contributed by atoms with Gasteiger partial charge >= 0.3 is 0 Å². The summed E-state index contributed by atoms with van der Waals surface area (Å²) >= 11 is 7.23. The molecule has 2 aromatic rings. The normalized spacial score (nSPS) is 17.2. The molecule has 5 nitrogen and oxygen atoms in total. The largest absolute Gasteiger partial charge is 0.486 e. The number of amides is 1. The Hall–Kier alpha value is -1.63. The van der Waals surface area contributed by atoms with Crippen molar-refractivity contribution in [3.63, 3.8) is 0 Å². The number of hydrogen-bond donors (Lipinski definition) is 1. The van der Waals surface area contributed by atoms with Gasteiger partial charge in [0.1, 0.15) is 23.1 Å². The number of carbonyl (C=O) groups excluding carboxylic acids is 1. The number of nitrogens with one attached hydrogen (secondary N) is 1. The van der Waals surface area contributed by atoms with Gasteiger partial charge in [0.25, 0.3) is 5.91 Å². The first-order chi connectivity index (χ1) is 11.2. The fraction of sp³-hybridized carbons (Fsp3) is 0.375. The van der Waals surface area contributed by atoms with Crippen LogP contribution < -0.4 is 10.1 Å². The second-order valence-corrected chi connectivity index (χ2v) is 6.59. The predicted molar refractivity (Wildman–Crippen MR) is 89.2 cm³/mol. The van der Waals surface area contributed by atoms with Crippen LogP contribution in [0.5, 0.6) is 5.75 Å². The molecule has 0 saturated carbocycles. The van der Waals surface area contributed by atoms with E-state index in [2.05, 4.69) is 10.3 Å². The van der Waals surface area contributed by atoms with Gasteiger partial charge in [-0.3, -0.25) is 4.79 Å². The summed E-state index contributed by atoms with van der Waals surface area (Å²) in [6.07, 6.45) is 2.19. The lowest BCUT2D eigenvalue weighted by Gasteiger charge is -2.09. The number of benzene rings is 1. The standard InChI is InChI=1S/C16H17ClN2O3S/c17-11-3-5-12(6-4-11)22-9-15-19-14(10-23-15)16(20)18-8-13-2-1-7-21-13/h3-6,10,13H,1-2,7-9H2,(H,18,20)/t13-/m0/s1. The zero-order valence-corrected chi connectivity index (χ0v) is 14.0. The van der Waals surface area contributed by atoms with E-state index < -0.39 is 0 Å². The van der Waals surface area contributed by atoms with Crippen LogP contribution in [0.3, 0.4) is 0 Å². The molecule has 1 aromatic heterocycles. The van der Waals surface area contributed by atoms with E-state index in [1.807, 2.05) is 0 Å². The summed E-state index contributed by atoms with van der Waals surface area (Å²) in [6, 6.07) is 7.13. The molecule has 1 amide bonds. The lowest BCUT2D eigenvalue weighted by Crippen LogP contribution is -2.31. The molecule has 1 aliphatic rings. The Kier molecular flexibility index (Phi) is 5.48. The lowest BCUT2D eigenvalue weighted by atomic mass is 10.2. The minimum Gasteiger partial charge on any atom is -0.486 e. The van der Waals surface area contributed by atoms with Crippen molar-refractivity contribution < 1.29 is 14.3 Å². The summed E-state index contributed by atoms with van der Waals surface area (Å²) in [6.45, 7) is 1.64. The second-order valence-electron chi connectivity index (χ2n) is 5.21. The van der Waals surface area contributed by atoms with Gasteiger partial charge in [0, 0.05) is 23.6 Å². The minimum atomic E-state index is -0.172. The van der Waals surface area contributed by atoms with Gasteiger partial charge < -0.3 is 14.8 Å². The van der Waals surface area contributed by atoms with E-state index in [4.69, 9.17) is 21.1 Å². The van der Waals surface area contributed by atoms with Crippen molar-refractivity contribution in [2.45, 2.75) is 25.6 Å². The second kappa shape index (κ2) is 7.77. The van der Waals surface area contributed by atoms with Gasteiger partial charge in [-0.2, -0.15) is 0 Å². The molecule has 122 valence electrons. The number of carbonyl (C=O) groups is 1. The van der Waals surface area contributed by atoms with Gasteiger partial charge in [0.2, 0.25) is 0 Å². The lowest BCUT2D eigenvalue weighted by molar-refractivity contribution is 0.0854. The van der Waals surface area contributed by atoms with Crippen LogP contribution in [0, 0.1) is 0 Å². The summed E-state index contributed by atoms with van der Waals surface area (Å²) in [7, 11) is 0. The molecule has 3 rings (SSSR count). The Bertz CT molecular complexity index is 654. The molecule has 1 aliphatic heterocycles. The molecular formula is C16H17ClN2O3S. The van der Waals surface area contributed by atoms with E-state index in [1.165, 1.54) is 11.3 Å². The van der Waals surface area contributed by atoms with Crippen molar-refractivity contribution in [1.29, 1.82) is 0 Å². The third-order valence-electron chi connectivity index (χ3n) is 3.47. The van der Waals surface area contributed by atoms with Gasteiger partial charge in [-0.25, -0.2) is 4.98 Å². The molecule has 1 atom stereocenters. The smallest absolute Gasteiger partial charge is 0.270 e. The number of halogens is 1. The summed E-state index contributed by atoms with van der Waals surface area (Å²) in [4.78, 5) is 16.4. The number of nitrogens with zero attached hydrogens (tertiary/aromatic N) is 1. The Morgan fingerprint density at radius 2 is 2.26 bits per heavy atom. The zero-order chi connectivity index (χ0) is 16.1. The highest BCUT2D eigenvalue weighted by atomic mass is 35.5. The van der Waals surface area contributed by atoms with Gasteiger partial charge in [0.15, 0.2) is 0 Å². The fourth-order valence-electron chi connectivity index (χ4n) is 2.26. The summed E-state index contributed by atoms with van der Waals surface area (Å²) in [5, 5.41) is 6.02. The first-order valence-electron chi connectivity index (χ1n) is 7.43. The van der Waals surface area contributed by atoms with E-state index in [0.29, 0.717) is 29.6 Å². The van der Waals surface area contributed by atoms with Crippen LogP contribution >= 0.6 is 22.9 Å². The van der Waals surface area contributed by atoms with E-state index in [-0.39, 0.29) is 12.0 Å².